The molecule has 152 valence electrons. The van der Waals surface area contributed by atoms with E-state index in [0.29, 0.717) is 17.6 Å². The Morgan fingerprint density at radius 2 is 2.24 bits per heavy atom. The smallest absolute Gasteiger partial charge is 0.252 e. The van der Waals surface area contributed by atoms with Crippen LogP contribution in [-0.2, 0) is 4.79 Å². The summed E-state index contributed by atoms with van der Waals surface area (Å²) in [6.07, 6.45) is 6.32. The molecule has 1 aliphatic rings. The summed E-state index contributed by atoms with van der Waals surface area (Å²) < 4.78 is 0. The fourth-order valence-corrected chi connectivity index (χ4v) is 4.57. The Morgan fingerprint density at radius 1 is 1.41 bits per heavy atom. The molecule has 3 heterocycles. The van der Waals surface area contributed by atoms with Crippen LogP contribution in [0.25, 0.3) is 21.8 Å². The lowest BCUT2D eigenvalue weighted by molar-refractivity contribution is -0.117. The Hall–Kier alpha value is -2.93. The quantitative estimate of drug-likeness (QED) is 0.423. The fourth-order valence-electron chi connectivity index (χ4n) is 4.57. The molecule has 0 aliphatic carbocycles. The predicted octanol–water partition coefficient (Wildman–Crippen LogP) is 2.60. The van der Waals surface area contributed by atoms with Gasteiger partial charge in [0.15, 0.2) is 0 Å². The third-order valence-electron chi connectivity index (χ3n) is 6.04. The van der Waals surface area contributed by atoms with E-state index in [0.717, 1.165) is 67.2 Å². The van der Waals surface area contributed by atoms with E-state index in [-0.39, 0.29) is 5.41 Å². The van der Waals surface area contributed by atoms with Gasteiger partial charge in [0.25, 0.3) is 5.91 Å². The number of primary amides is 1. The summed E-state index contributed by atoms with van der Waals surface area (Å²) in [5.74, 6) is 0.301. The Kier molecular flexibility index (Phi) is 5.24. The molecule has 1 fully saturated rings. The highest BCUT2D eigenvalue weighted by molar-refractivity contribution is 6.18. The van der Waals surface area contributed by atoms with Gasteiger partial charge in [-0.15, -0.1) is 0 Å². The van der Waals surface area contributed by atoms with E-state index >= 15 is 0 Å². The number of anilines is 1. The summed E-state index contributed by atoms with van der Waals surface area (Å²) in [5.41, 5.74) is 7.26. The first-order chi connectivity index (χ1) is 14.1. The average molecular weight is 393 g/mol. The van der Waals surface area contributed by atoms with E-state index in [1.54, 1.807) is 6.20 Å². The van der Waals surface area contributed by atoms with Crippen molar-refractivity contribution in [3.8, 4) is 0 Å². The minimum atomic E-state index is -0.506. The molecular formula is C22H27N5O2. The van der Waals surface area contributed by atoms with E-state index in [1.165, 1.54) is 0 Å². The molecule has 7 nitrogen and oxygen atoms in total. The average Bonchev–Trinajstić information content (AvgIpc) is 3.13. The van der Waals surface area contributed by atoms with E-state index in [2.05, 4.69) is 20.2 Å². The molecule has 2 aromatic heterocycles. The Bertz CT molecular complexity index is 1060. The van der Waals surface area contributed by atoms with Crippen molar-refractivity contribution >= 4 is 39.8 Å². The number of para-hydroxylation sites is 1. The fraction of sp³-hybridized carbons (Fsp3) is 0.409. The van der Waals surface area contributed by atoms with Crippen LogP contribution >= 0.6 is 0 Å². The van der Waals surface area contributed by atoms with Gasteiger partial charge in [0.2, 0.25) is 0 Å². The molecule has 7 heteroatoms. The highest BCUT2D eigenvalue weighted by Crippen LogP contribution is 2.39. The number of rotatable bonds is 7. The highest BCUT2D eigenvalue weighted by Gasteiger charge is 2.36. The highest BCUT2D eigenvalue weighted by atomic mass is 16.1. The summed E-state index contributed by atoms with van der Waals surface area (Å²) in [7, 11) is 1.93. The van der Waals surface area contributed by atoms with Crippen LogP contribution in [0, 0.1) is 5.41 Å². The summed E-state index contributed by atoms with van der Waals surface area (Å²) in [5, 5.41) is 5.06. The molecule has 4 N–H and O–H groups in total. The zero-order valence-corrected chi connectivity index (χ0v) is 16.7. The molecular weight excluding hydrogens is 366 g/mol. The summed E-state index contributed by atoms with van der Waals surface area (Å²) in [4.78, 5) is 34.2. The Labute approximate surface area is 169 Å². The van der Waals surface area contributed by atoms with Crippen molar-refractivity contribution in [3.63, 3.8) is 0 Å². The van der Waals surface area contributed by atoms with Gasteiger partial charge in [-0.05, 0) is 45.3 Å². The first kappa shape index (κ1) is 19.4. The molecule has 1 aliphatic heterocycles. The second kappa shape index (κ2) is 7.83. The third kappa shape index (κ3) is 3.46. The van der Waals surface area contributed by atoms with Crippen molar-refractivity contribution in [3.05, 3.63) is 36.0 Å². The molecule has 29 heavy (non-hydrogen) atoms. The number of nitrogens with one attached hydrogen (secondary N) is 2. The molecule has 0 bridgehead atoms. The standard InChI is InChI=1S/C22H27N5O2/c1-24-10-4-8-22(14-28)9-5-11-27(13-22)21-18-15-6-2-3-7-17(15)26-19(18)16(12-25-21)20(23)29/h2-3,6-7,12,14,24,26H,4-5,8-11,13H2,1H3,(H2,23,29). The summed E-state index contributed by atoms with van der Waals surface area (Å²) in [6, 6.07) is 7.93. The van der Waals surface area contributed by atoms with Crippen LogP contribution in [0.15, 0.2) is 30.5 Å². The first-order valence-corrected chi connectivity index (χ1v) is 10.1. The third-order valence-corrected chi connectivity index (χ3v) is 6.04. The lowest BCUT2D eigenvalue weighted by Gasteiger charge is -2.40. The van der Waals surface area contributed by atoms with Gasteiger partial charge in [0.05, 0.1) is 16.5 Å². The normalized spacial score (nSPS) is 19.7. The number of carbonyl (C=O) groups excluding carboxylic acids is 2. The van der Waals surface area contributed by atoms with Crippen molar-refractivity contribution in [2.24, 2.45) is 11.1 Å². The number of piperidine rings is 1. The molecule has 1 aromatic carbocycles. The zero-order valence-electron chi connectivity index (χ0n) is 16.7. The van der Waals surface area contributed by atoms with Gasteiger partial charge in [-0.1, -0.05) is 18.2 Å². The van der Waals surface area contributed by atoms with Gasteiger partial charge < -0.3 is 25.7 Å². The topological polar surface area (TPSA) is 104 Å². The number of H-pyrrole nitrogens is 1. The maximum atomic E-state index is 12.1. The maximum absolute atomic E-state index is 12.1. The van der Waals surface area contributed by atoms with Crippen LogP contribution in [-0.4, -0.2) is 48.8 Å². The molecule has 4 rings (SSSR count). The number of nitrogens with zero attached hydrogens (tertiary/aromatic N) is 2. The summed E-state index contributed by atoms with van der Waals surface area (Å²) >= 11 is 0. The van der Waals surface area contributed by atoms with E-state index < -0.39 is 5.91 Å². The van der Waals surface area contributed by atoms with Gasteiger partial charge in [0.1, 0.15) is 12.1 Å². The first-order valence-electron chi connectivity index (χ1n) is 10.1. The van der Waals surface area contributed by atoms with Crippen LogP contribution in [0.5, 0.6) is 0 Å². The SMILES string of the molecule is CNCCCC1(C=O)CCCN(c2ncc(C(N)=O)c3[nH]c4ccccc4c23)C1. The van der Waals surface area contributed by atoms with E-state index in [1.807, 2.05) is 31.3 Å². The van der Waals surface area contributed by atoms with Gasteiger partial charge >= 0.3 is 0 Å². The maximum Gasteiger partial charge on any atom is 0.252 e. The molecule has 1 unspecified atom stereocenters. The number of aromatic nitrogens is 2. The predicted molar refractivity (Wildman–Crippen MR) is 115 cm³/mol. The number of pyridine rings is 1. The number of amides is 1. The Balaban J connectivity index is 1.80. The molecule has 0 radical (unpaired) electrons. The number of nitrogens with two attached hydrogens (primary N) is 1. The van der Waals surface area contributed by atoms with Crippen LogP contribution in [0.4, 0.5) is 5.82 Å². The number of carbonyl (C=O) groups is 2. The second-order valence-corrected chi connectivity index (χ2v) is 7.99. The molecule has 1 atom stereocenters. The van der Waals surface area contributed by atoms with Crippen LogP contribution < -0.4 is 16.0 Å². The van der Waals surface area contributed by atoms with E-state index in [9.17, 15) is 9.59 Å². The van der Waals surface area contributed by atoms with Crippen molar-refractivity contribution in [2.75, 3.05) is 31.6 Å². The number of hydrogen-bond acceptors (Lipinski definition) is 5. The zero-order chi connectivity index (χ0) is 20.4. The van der Waals surface area contributed by atoms with Crippen molar-refractivity contribution in [1.82, 2.24) is 15.3 Å². The largest absolute Gasteiger partial charge is 0.365 e. The number of hydrogen-bond donors (Lipinski definition) is 3. The van der Waals surface area contributed by atoms with Crippen LogP contribution in [0.3, 0.4) is 0 Å². The van der Waals surface area contributed by atoms with Gasteiger partial charge in [0, 0.05) is 35.6 Å². The molecule has 0 spiro atoms. The molecule has 1 saturated heterocycles. The van der Waals surface area contributed by atoms with Crippen molar-refractivity contribution < 1.29 is 9.59 Å². The van der Waals surface area contributed by atoms with Gasteiger partial charge in [-0.25, -0.2) is 4.98 Å². The lowest BCUT2D eigenvalue weighted by Crippen LogP contribution is -2.45. The Morgan fingerprint density at radius 3 is 3.00 bits per heavy atom. The van der Waals surface area contributed by atoms with Crippen LogP contribution in [0.2, 0.25) is 0 Å². The number of aromatic amines is 1. The van der Waals surface area contributed by atoms with E-state index in [4.69, 9.17) is 5.73 Å². The van der Waals surface area contributed by atoms with Gasteiger partial charge in [-0.3, -0.25) is 4.79 Å². The number of benzene rings is 1. The number of fused-ring (bicyclic) bond motifs is 3. The minimum Gasteiger partial charge on any atom is -0.365 e. The molecule has 1 amide bonds. The van der Waals surface area contributed by atoms with Crippen molar-refractivity contribution in [2.45, 2.75) is 25.7 Å². The van der Waals surface area contributed by atoms with Gasteiger partial charge in [-0.2, -0.15) is 0 Å². The molecule has 3 aromatic rings. The minimum absolute atomic E-state index is 0.364. The number of aldehydes is 1. The lowest BCUT2D eigenvalue weighted by atomic mass is 9.77. The van der Waals surface area contributed by atoms with Crippen molar-refractivity contribution in [1.29, 1.82) is 0 Å². The summed E-state index contributed by atoms with van der Waals surface area (Å²) in [6.45, 7) is 2.37. The molecule has 0 saturated carbocycles. The van der Waals surface area contributed by atoms with Crippen LogP contribution in [0.1, 0.15) is 36.0 Å². The monoisotopic (exact) mass is 393 g/mol. The second-order valence-electron chi connectivity index (χ2n) is 7.99.